The van der Waals surface area contributed by atoms with E-state index in [1.165, 1.54) is 17.2 Å². The van der Waals surface area contributed by atoms with Gasteiger partial charge in [-0.2, -0.15) is 5.10 Å². The van der Waals surface area contributed by atoms with Gasteiger partial charge in [0.05, 0.1) is 0 Å². The summed E-state index contributed by atoms with van der Waals surface area (Å²) in [7, 11) is 3.72. The number of carboxylic acid groups (broad SMARTS) is 1. The van der Waals surface area contributed by atoms with Crippen LogP contribution in [-0.4, -0.2) is 70.7 Å². The summed E-state index contributed by atoms with van der Waals surface area (Å²) >= 11 is 0. The molecule has 0 unspecified atom stereocenters. The Kier molecular flexibility index (Phi) is 4.65. The molecule has 7 heteroatoms. The molecular formula is C10H16N4O3. The van der Waals surface area contributed by atoms with E-state index >= 15 is 0 Å². The van der Waals surface area contributed by atoms with Crippen LogP contribution in [0.2, 0.25) is 0 Å². The standard InChI is InChI=1S/C10H16N4O3/c1-13(2)5-6-14(7-9(15)16)10(17)8-3-4-11-12-8/h3-4H,5-7H2,1-2H3,(H,11,12)(H,15,16). The molecule has 0 aromatic carbocycles. The van der Waals surface area contributed by atoms with Crippen molar-refractivity contribution in [2.75, 3.05) is 33.7 Å². The molecule has 17 heavy (non-hydrogen) atoms. The van der Waals surface area contributed by atoms with Gasteiger partial charge in [-0.15, -0.1) is 0 Å². The molecule has 0 radical (unpaired) electrons. The van der Waals surface area contributed by atoms with E-state index in [0.717, 1.165) is 0 Å². The highest BCUT2D eigenvalue weighted by molar-refractivity contribution is 5.94. The monoisotopic (exact) mass is 240 g/mol. The molecule has 1 amide bonds. The van der Waals surface area contributed by atoms with E-state index in [4.69, 9.17) is 5.11 Å². The van der Waals surface area contributed by atoms with Gasteiger partial charge in [0, 0.05) is 19.3 Å². The molecule has 0 aliphatic heterocycles. The Bertz CT molecular complexity index is 375. The number of hydrogen-bond donors (Lipinski definition) is 2. The normalized spacial score (nSPS) is 10.5. The predicted molar refractivity (Wildman–Crippen MR) is 60.7 cm³/mol. The lowest BCUT2D eigenvalue weighted by Gasteiger charge is -2.21. The molecule has 0 saturated carbocycles. The summed E-state index contributed by atoms with van der Waals surface area (Å²) in [4.78, 5) is 25.8. The quantitative estimate of drug-likeness (QED) is 0.699. The number of rotatable bonds is 6. The second kappa shape index (κ2) is 6.00. The number of aliphatic carboxylic acids is 1. The second-order valence-electron chi connectivity index (χ2n) is 3.89. The van der Waals surface area contributed by atoms with Gasteiger partial charge < -0.3 is 14.9 Å². The Morgan fingerprint density at radius 1 is 1.41 bits per heavy atom. The van der Waals surface area contributed by atoms with Crippen molar-refractivity contribution in [2.24, 2.45) is 0 Å². The Balaban J connectivity index is 2.68. The Hall–Kier alpha value is -1.89. The first-order valence-electron chi connectivity index (χ1n) is 5.16. The highest BCUT2D eigenvalue weighted by atomic mass is 16.4. The van der Waals surface area contributed by atoms with Gasteiger partial charge in [-0.05, 0) is 20.2 Å². The first kappa shape index (κ1) is 13.2. The molecule has 0 fully saturated rings. The lowest BCUT2D eigenvalue weighted by Crippen LogP contribution is -2.40. The fraction of sp³-hybridized carbons (Fsp3) is 0.500. The number of carbonyl (C=O) groups is 2. The fourth-order valence-electron chi connectivity index (χ4n) is 1.28. The third-order valence-corrected chi connectivity index (χ3v) is 2.16. The summed E-state index contributed by atoms with van der Waals surface area (Å²) < 4.78 is 0. The predicted octanol–water partition coefficient (Wildman–Crippen LogP) is -0.502. The molecule has 1 rings (SSSR count). The van der Waals surface area contributed by atoms with Crippen LogP contribution in [0, 0.1) is 0 Å². The number of hydrogen-bond acceptors (Lipinski definition) is 4. The maximum Gasteiger partial charge on any atom is 0.323 e. The average molecular weight is 240 g/mol. The molecular weight excluding hydrogens is 224 g/mol. The number of amides is 1. The molecule has 0 aliphatic rings. The molecule has 94 valence electrons. The maximum atomic E-state index is 11.9. The first-order valence-corrected chi connectivity index (χ1v) is 5.16. The van der Waals surface area contributed by atoms with Crippen molar-refractivity contribution in [1.29, 1.82) is 0 Å². The van der Waals surface area contributed by atoms with Crippen molar-refractivity contribution in [1.82, 2.24) is 20.0 Å². The number of nitrogens with zero attached hydrogens (tertiary/aromatic N) is 3. The van der Waals surface area contributed by atoms with Crippen molar-refractivity contribution in [3.05, 3.63) is 18.0 Å². The SMILES string of the molecule is CN(C)CCN(CC(=O)O)C(=O)c1ccn[nH]1. The lowest BCUT2D eigenvalue weighted by molar-refractivity contribution is -0.137. The summed E-state index contributed by atoms with van der Waals surface area (Å²) in [5.41, 5.74) is 0.296. The summed E-state index contributed by atoms with van der Waals surface area (Å²) in [6, 6.07) is 1.52. The van der Waals surface area contributed by atoms with Gasteiger partial charge in [0.25, 0.3) is 5.91 Å². The minimum Gasteiger partial charge on any atom is -0.480 e. The van der Waals surface area contributed by atoms with Crippen molar-refractivity contribution in [3.63, 3.8) is 0 Å². The minimum atomic E-state index is -1.03. The van der Waals surface area contributed by atoms with Crippen LogP contribution in [0.3, 0.4) is 0 Å². The Labute approximate surface area is 99.0 Å². The van der Waals surface area contributed by atoms with Crippen LogP contribution in [0.5, 0.6) is 0 Å². The van der Waals surface area contributed by atoms with Crippen LogP contribution in [0.4, 0.5) is 0 Å². The van der Waals surface area contributed by atoms with Gasteiger partial charge in [-0.3, -0.25) is 14.7 Å². The average Bonchev–Trinajstić information content (AvgIpc) is 2.75. The number of aromatic amines is 1. The largest absolute Gasteiger partial charge is 0.480 e. The van der Waals surface area contributed by atoms with Gasteiger partial charge in [0.15, 0.2) is 0 Å². The van der Waals surface area contributed by atoms with Crippen LogP contribution in [-0.2, 0) is 4.79 Å². The lowest BCUT2D eigenvalue weighted by atomic mass is 10.3. The van der Waals surface area contributed by atoms with Gasteiger partial charge in [-0.25, -0.2) is 0 Å². The molecule has 1 aromatic heterocycles. The fourth-order valence-corrected chi connectivity index (χ4v) is 1.28. The third-order valence-electron chi connectivity index (χ3n) is 2.16. The van der Waals surface area contributed by atoms with Gasteiger partial charge in [-0.1, -0.05) is 0 Å². The van der Waals surface area contributed by atoms with Crippen LogP contribution in [0.15, 0.2) is 12.3 Å². The summed E-state index contributed by atoms with van der Waals surface area (Å²) in [6.07, 6.45) is 1.46. The minimum absolute atomic E-state index is 0.296. The zero-order valence-electron chi connectivity index (χ0n) is 9.88. The Morgan fingerprint density at radius 3 is 2.59 bits per heavy atom. The third kappa shape index (κ3) is 4.23. The molecule has 1 aromatic rings. The van der Waals surface area contributed by atoms with Crippen molar-refractivity contribution >= 4 is 11.9 Å². The van der Waals surface area contributed by atoms with E-state index < -0.39 is 5.97 Å². The summed E-state index contributed by atoms with van der Waals surface area (Å²) in [5.74, 6) is -1.39. The zero-order chi connectivity index (χ0) is 12.8. The van der Waals surface area contributed by atoms with Crippen LogP contribution >= 0.6 is 0 Å². The van der Waals surface area contributed by atoms with Crippen LogP contribution in [0.1, 0.15) is 10.5 Å². The number of H-pyrrole nitrogens is 1. The van der Waals surface area contributed by atoms with E-state index in [9.17, 15) is 9.59 Å². The molecule has 7 nitrogen and oxygen atoms in total. The topological polar surface area (TPSA) is 89.5 Å². The molecule has 0 bridgehead atoms. The number of likely N-dealkylation sites (N-methyl/N-ethyl adjacent to an activating group) is 1. The van der Waals surface area contributed by atoms with Crippen molar-refractivity contribution < 1.29 is 14.7 Å². The molecule has 0 saturated heterocycles. The van der Waals surface area contributed by atoms with E-state index in [1.54, 1.807) is 0 Å². The van der Waals surface area contributed by atoms with E-state index in [-0.39, 0.29) is 12.5 Å². The summed E-state index contributed by atoms with van der Waals surface area (Å²) in [5, 5.41) is 15.0. The van der Waals surface area contributed by atoms with Gasteiger partial charge >= 0.3 is 5.97 Å². The number of carboxylic acids is 1. The van der Waals surface area contributed by atoms with Crippen LogP contribution in [0.25, 0.3) is 0 Å². The van der Waals surface area contributed by atoms with E-state index in [0.29, 0.717) is 18.8 Å². The molecule has 0 spiro atoms. The number of nitrogens with one attached hydrogen (secondary N) is 1. The highest BCUT2D eigenvalue weighted by Gasteiger charge is 2.19. The zero-order valence-corrected chi connectivity index (χ0v) is 9.88. The van der Waals surface area contributed by atoms with E-state index in [1.807, 2.05) is 19.0 Å². The van der Waals surface area contributed by atoms with Crippen LogP contribution < -0.4 is 0 Å². The molecule has 2 N–H and O–H groups in total. The van der Waals surface area contributed by atoms with Crippen molar-refractivity contribution in [3.8, 4) is 0 Å². The van der Waals surface area contributed by atoms with Crippen molar-refractivity contribution in [2.45, 2.75) is 0 Å². The summed E-state index contributed by atoms with van der Waals surface area (Å²) in [6.45, 7) is 0.649. The molecule has 0 aliphatic carbocycles. The first-order chi connectivity index (χ1) is 8.00. The molecule has 0 atom stereocenters. The number of aromatic nitrogens is 2. The second-order valence-corrected chi connectivity index (χ2v) is 3.89. The smallest absolute Gasteiger partial charge is 0.323 e. The highest BCUT2D eigenvalue weighted by Crippen LogP contribution is 2.00. The maximum absolute atomic E-state index is 11.9. The molecule has 1 heterocycles. The Morgan fingerprint density at radius 2 is 2.12 bits per heavy atom. The van der Waals surface area contributed by atoms with Gasteiger partial charge in [0.2, 0.25) is 0 Å². The number of carbonyl (C=O) groups excluding carboxylic acids is 1. The van der Waals surface area contributed by atoms with Gasteiger partial charge in [0.1, 0.15) is 12.2 Å². The van der Waals surface area contributed by atoms with E-state index in [2.05, 4.69) is 10.2 Å².